The number of aromatic nitrogens is 6. The monoisotopic (exact) mass is 428 g/mol. The summed E-state index contributed by atoms with van der Waals surface area (Å²) < 4.78 is 13.8. The normalized spacial score (nSPS) is 19.0. The van der Waals surface area contributed by atoms with Crippen LogP contribution in [0.5, 0.6) is 0 Å². The number of ether oxygens (including phenoxy) is 1. The highest BCUT2D eigenvalue weighted by Gasteiger charge is 2.31. The highest BCUT2D eigenvalue weighted by atomic mass is 35.5. The molecule has 1 N–H and O–H groups in total. The van der Waals surface area contributed by atoms with Crippen molar-refractivity contribution < 1.29 is 9.26 Å². The number of hydrogen-bond donors (Lipinski definition) is 1. The van der Waals surface area contributed by atoms with Crippen LogP contribution in [0.1, 0.15) is 35.7 Å². The Labute approximate surface area is 174 Å². The van der Waals surface area contributed by atoms with E-state index in [1.165, 1.54) is 6.33 Å². The lowest BCUT2D eigenvalue weighted by Crippen LogP contribution is -2.36. The molecule has 1 aliphatic heterocycles. The van der Waals surface area contributed by atoms with Crippen molar-refractivity contribution >= 4 is 22.8 Å². The molecule has 11 heteroatoms. The Morgan fingerprint density at radius 1 is 1.27 bits per heavy atom. The molecule has 0 amide bonds. The van der Waals surface area contributed by atoms with Crippen molar-refractivity contribution in [1.82, 2.24) is 29.2 Å². The lowest BCUT2D eigenvalue weighted by molar-refractivity contribution is 0.110. The van der Waals surface area contributed by atoms with Crippen molar-refractivity contribution in [2.45, 2.75) is 25.0 Å². The first-order valence-corrected chi connectivity index (χ1v) is 9.71. The minimum atomic E-state index is -0.585. The van der Waals surface area contributed by atoms with Crippen LogP contribution in [-0.2, 0) is 18.3 Å². The van der Waals surface area contributed by atoms with E-state index in [1.807, 2.05) is 24.3 Å². The summed E-state index contributed by atoms with van der Waals surface area (Å²) in [7, 11) is 1.68. The molecule has 0 aliphatic carbocycles. The van der Waals surface area contributed by atoms with Gasteiger partial charge in [0.25, 0.3) is 5.56 Å². The van der Waals surface area contributed by atoms with Gasteiger partial charge in [-0.3, -0.25) is 9.78 Å². The summed E-state index contributed by atoms with van der Waals surface area (Å²) in [6.45, 7) is 0.324. The van der Waals surface area contributed by atoms with Gasteiger partial charge in [-0.1, -0.05) is 28.9 Å². The van der Waals surface area contributed by atoms with E-state index in [2.05, 4.69) is 20.1 Å². The Bertz CT molecular complexity index is 1340. The number of benzene rings is 1. The lowest BCUT2D eigenvalue weighted by Gasteiger charge is -2.09. The molecule has 154 valence electrons. The molecule has 0 unspecified atom stereocenters. The van der Waals surface area contributed by atoms with Crippen LogP contribution in [0.25, 0.3) is 11.2 Å². The molecule has 1 aliphatic rings. The number of rotatable bonds is 4. The lowest BCUT2D eigenvalue weighted by atomic mass is 10.0. The molecule has 0 bridgehead atoms. The van der Waals surface area contributed by atoms with Gasteiger partial charge in [0, 0.05) is 18.0 Å². The van der Waals surface area contributed by atoms with E-state index in [0.717, 1.165) is 10.1 Å². The summed E-state index contributed by atoms with van der Waals surface area (Å²) in [6, 6.07) is 7.53. The highest BCUT2D eigenvalue weighted by molar-refractivity contribution is 6.30. The van der Waals surface area contributed by atoms with Crippen LogP contribution < -0.4 is 11.2 Å². The number of nitrogens with zero attached hydrogens (tertiary/aromatic N) is 5. The molecule has 4 heterocycles. The Morgan fingerprint density at radius 2 is 2.07 bits per heavy atom. The first-order chi connectivity index (χ1) is 14.5. The minimum absolute atomic E-state index is 0.0438. The number of halogens is 1. The van der Waals surface area contributed by atoms with Crippen LogP contribution in [0.15, 0.2) is 44.7 Å². The highest BCUT2D eigenvalue weighted by Crippen LogP contribution is 2.37. The Balaban J connectivity index is 1.36. The van der Waals surface area contributed by atoms with Crippen molar-refractivity contribution in [3.8, 4) is 0 Å². The molecular weight excluding hydrogens is 412 g/mol. The molecule has 3 aromatic heterocycles. The van der Waals surface area contributed by atoms with Gasteiger partial charge in [0.05, 0.1) is 19.0 Å². The Morgan fingerprint density at radius 3 is 2.87 bits per heavy atom. The predicted octanol–water partition coefficient (Wildman–Crippen LogP) is 1.75. The van der Waals surface area contributed by atoms with Gasteiger partial charge in [-0.25, -0.2) is 14.3 Å². The SMILES string of the molecule is Cn1cnc2[nH]c(=O)n(Cc3nc([C@@H]4CO[C@@H](c5ccc(Cl)cc5)C4)no3)c(=O)c21. The van der Waals surface area contributed by atoms with Crippen LogP contribution in [-0.4, -0.2) is 35.8 Å². The number of H-pyrrole nitrogens is 1. The standard InChI is InChI=1S/C19H17ClN6O4/c1-25-9-21-17-15(25)18(27)26(19(28)23-17)7-14-22-16(24-30-14)11-6-13(29-8-11)10-2-4-12(20)5-3-10/h2-5,9,11,13H,6-8H2,1H3,(H,23,28)/t11-,13+/m0/s1. The summed E-state index contributed by atoms with van der Waals surface area (Å²) >= 11 is 5.94. The summed E-state index contributed by atoms with van der Waals surface area (Å²) in [5, 5.41) is 4.71. The fourth-order valence-electron chi connectivity index (χ4n) is 3.66. The maximum absolute atomic E-state index is 12.7. The number of nitrogens with one attached hydrogen (secondary N) is 1. The summed E-state index contributed by atoms with van der Waals surface area (Å²) in [5.41, 5.74) is 0.516. The van der Waals surface area contributed by atoms with Gasteiger partial charge in [-0.15, -0.1) is 0 Å². The van der Waals surface area contributed by atoms with E-state index in [9.17, 15) is 9.59 Å². The van der Waals surface area contributed by atoms with Crippen molar-refractivity contribution in [1.29, 1.82) is 0 Å². The zero-order chi connectivity index (χ0) is 20.8. The molecule has 2 atom stereocenters. The fraction of sp³-hybridized carbons (Fsp3) is 0.316. The molecule has 10 nitrogen and oxygen atoms in total. The molecule has 1 saturated heterocycles. The second kappa shape index (κ2) is 7.22. The third-order valence-corrected chi connectivity index (χ3v) is 5.49. The molecule has 4 aromatic rings. The molecule has 30 heavy (non-hydrogen) atoms. The molecule has 1 fully saturated rings. The van der Waals surface area contributed by atoms with E-state index in [1.54, 1.807) is 11.6 Å². The molecule has 5 rings (SSSR count). The third-order valence-electron chi connectivity index (χ3n) is 5.24. The van der Waals surface area contributed by atoms with Gasteiger partial charge in [-0.05, 0) is 24.1 Å². The molecule has 0 radical (unpaired) electrons. The van der Waals surface area contributed by atoms with Crippen molar-refractivity contribution in [2.75, 3.05) is 6.61 Å². The average Bonchev–Trinajstić information content (AvgIpc) is 3.46. The largest absolute Gasteiger partial charge is 0.373 e. The van der Waals surface area contributed by atoms with Gasteiger partial charge in [0.2, 0.25) is 5.89 Å². The maximum atomic E-state index is 12.7. The number of imidazole rings is 1. The quantitative estimate of drug-likeness (QED) is 0.525. The summed E-state index contributed by atoms with van der Waals surface area (Å²) in [6.07, 6.45) is 2.09. The van der Waals surface area contributed by atoms with Crippen LogP contribution in [0, 0.1) is 0 Å². The minimum Gasteiger partial charge on any atom is -0.373 e. The van der Waals surface area contributed by atoms with E-state index in [4.69, 9.17) is 20.9 Å². The van der Waals surface area contributed by atoms with Gasteiger partial charge >= 0.3 is 5.69 Å². The zero-order valence-electron chi connectivity index (χ0n) is 15.9. The Hall–Kier alpha value is -3.24. The van der Waals surface area contributed by atoms with Crippen LogP contribution in [0.4, 0.5) is 0 Å². The van der Waals surface area contributed by atoms with Crippen LogP contribution >= 0.6 is 11.6 Å². The molecule has 0 saturated carbocycles. The third kappa shape index (κ3) is 3.23. The molecular formula is C19H17ClN6O4. The van der Waals surface area contributed by atoms with Gasteiger partial charge in [0.15, 0.2) is 17.0 Å². The fourth-order valence-corrected chi connectivity index (χ4v) is 3.78. The van der Waals surface area contributed by atoms with E-state index >= 15 is 0 Å². The van der Waals surface area contributed by atoms with Crippen molar-refractivity contribution in [3.05, 3.63) is 73.7 Å². The van der Waals surface area contributed by atoms with Crippen molar-refractivity contribution in [3.63, 3.8) is 0 Å². The predicted molar refractivity (Wildman–Crippen MR) is 106 cm³/mol. The second-order valence-corrected chi connectivity index (χ2v) is 7.66. The first kappa shape index (κ1) is 18.8. The van der Waals surface area contributed by atoms with Gasteiger partial charge in [-0.2, -0.15) is 4.98 Å². The molecule has 0 spiro atoms. The average molecular weight is 429 g/mol. The van der Waals surface area contributed by atoms with E-state index in [-0.39, 0.29) is 30.1 Å². The number of hydrogen-bond acceptors (Lipinski definition) is 7. The summed E-state index contributed by atoms with van der Waals surface area (Å²) in [4.78, 5) is 36.0. The number of aryl methyl sites for hydroxylation is 1. The number of aromatic amines is 1. The maximum Gasteiger partial charge on any atom is 0.330 e. The first-order valence-electron chi connectivity index (χ1n) is 9.33. The van der Waals surface area contributed by atoms with Gasteiger partial charge in [0.1, 0.15) is 6.54 Å². The second-order valence-electron chi connectivity index (χ2n) is 7.23. The summed E-state index contributed by atoms with van der Waals surface area (Å²) in [5.74, 6) is 0.624. The topological polar surface area (TPSA) is 121 Å². The Kier molecular flexibility index (Phi) is 4.52. The van der Waals surface area contributed by atoms with Crippen molar-refractivity contribution in [2.24, 2.45) is 7.05 Å². The van der Waals surface area contributed by atoms with E-state index in [0.29, 0.717) is 29.4 Å². The van der Waals surface area contributed by atoms with Crippen LogP contribution in [0.3, 0.4) is 0 Å². The number of fused-ring (bicyclic) bond motifs is 1. The zero-order valence-corrected chi connectivity index (χ0v) is 16.7. The van der Waals surface area contributed by atoms with Gasteiger partial charge < -0.3 is 13.8 Å². The molecule has 1 aromatic carbocycles. The van der Waals surface area contributed by atoms with Crippen LogP contribution in [0.2, 0.25) is 5.02 Å². The smallest absolute Gasteiger partial charge is 0.330 e. The van der Waals surface area contributed by atoms with E-state index < -0.39 is 11.2 Å².